The summed E-state index contributed by atoms with van der Waals surface area (Å²) in [6, 6.07) is 20.3. The maximum atomic E-state index is 13.5. The molecule has 0 aliphatic heterocycles. The number of sulfonamides is 1. The van der Waals surface area contributed by atoms with E-state index in [1.54, 1.807) is 24.3 Å². The Balaban J connectivity index is 2.24. The summed E-state index contributed by atoms with van der Waals surface area (Å²) in [5, 5.41) is 0.288. The van der Waals surface area contributed by atoms with E-state index < -0.39 is 15.9 Å². The van der Waals surface area contributed by atoms with Crippen LogP contribution in [-0.4, -0.2) is 14.3 Å². The average molecular weight is 438 g/mol. The lowest BCUT2D eigenvalue weighted by atomic mass is 9.98. The summed E-state index contributed by atoms with van der Waals surface area (Å²) in [7, 11) is -4.22. The van der Waals surface area contributed by atoms with E-state index in [0.29, 0.717) is 11.1 Å². The van der Waals surface area contributed by atoms with Crippen molar-refractivity contribution in [1.29, 1.82) is 0 Å². The summed E-state index contributed by atoms with van der Waals surface area (Å²) < 4.78 is 27.6. The molecular formula is C24H20ClNO3S. The molecule has 0 saturated heterocycles. The van der Waals surface area contributed by atoms with Crippen LogP contribution < -0.4 is 4.31 Å². The third-order valence-corrected chi connectivity index (χ3v) is 6.52. The van der Waals surface area contributed by atoms with Crippen LogP contribution in [0.5, 0.6) is 0 Å². The van der Waals surface area contributed by atoms with Crippen LogP contribution in [0.25, 0.3) is 5.57 Å². The molecule has 0 bridgehead atoms. The van der Waals surface area contributed by atoms with Gasteiger partial charge in [0.25, 0.3) is 15.9 Å². The zero-order valence-corrected chi connectivity index (χ0v) is 18.0. The molecule has 6 heteroatoms. The molecule has 0 unspecified atom stereocenters. The van der Waals surface area contributed by atoms with Gasteiger partial charge in [-0.15, -0.1) is 0 Å². The SMILES string of the molecule is C=CC(=O)N(c1cc(Cl)ccc1C(=C)c1ccccc1)S(=O)(=O)c1ccc(C)cc1. The van der Waals surface area contributed by atoms with Gasteiger partial charge in [0, 0.05) is 10.6 Å². The second kappa shape index (κ2) is 8.69. The van der Waals surface area contributed by atoms with Crippen LogP contribution in [0.3, 0.4) is 0 Å². The second-order valence-electron chi connectivity index (χ2n) is 6.63. The Morgan fingerprint density at radius 1 is 1.00 bits per heavy atom. The molecular weight excluding hydrogens is 418 g/mol. The van der Waals surface area contributed by atoms with Gasteiger partial charge >= 0.3 is 0 Å². The molecule has 30 heavy (non-hydrogen) atoms. The minimum absolute atomic E-state index is 0.0143. The van der Waals surface area contributed by atoms with Crippen molar-refractivity contribution in [3.63, 3.8) is 0 Å². The van der Waals surface area contributed by atoms with Crippen LogP contribution in [0.4, 0.5) is 5.69 Å². The lowest BCUT2D eigenvalue weighted by molar-refractivity contribution is -0.113. The van der Waals surface area contributed by atoms with Crippen LogP contribution in [-0.2, 0) is 14.8 Å². The number of carbonyl (C=O) groups excluding carboxylic acids is 1. The molecule has 0 N–H and O–H groups in total. The fourth-order valence-electron chi connectivity index (χ4n) is 2.99. The van der Waals surface area contributed by atoms with Gasteiger partial charge < -0.3 is 0 Å². The van der Waals surface area contributed by atoms with E-state index in [9.17, 15) is 13.2 Å². The molecule has 0 atom stereocenters. The Bertz CT molecular complexity index is 1220. The van der Waals surface area contributed by atoms with Gasteiger partial charge in [-0.2, -0.15) is 4.31 Å². The zero-order chi connectivity index (χ0) is 21.9. The Morgan fingerprint density at radius 3 is 2.23 bits per heavy atom. The predicted octanol–water partition coefficient (Wildman–Crippen LogP) is 5.62. The number of benzene rings is 3. The predicted molar refractivity (Wildman–Crippen MR) is 122 cm³/mol. The van der Waals surface area contributed by atoms with Crippen molar-refractivity contribution in [2.45, 2.75) is 11.8 Å². The van der Waals surface area contributed by atoms with E-state index in [1.807, 2.05) is 37.3 Å². The molecule has 3 rings (SSSR count). The third kappa shape index (κ3) is 4.22. The number of carbonyl (C=O) groups is 1. The van der Waals surface area contributed by atoms with Crippen molar-refractivity contribution in [2.24, 2.45) is 0 Å². The number of aryl methyl sites for hydroxylation is 1. The van der Waals surface area contributed by atoms with Crippen molar-refractivity contribution in [3.05, 3.63) is 114 Å². The van der Waals surface area contributed by atoms with Crippen LogP contribution in [0, 0.1) is 6.92 Å². The van der Waals surface area contributed by atoms with Gasteiger partial charge in [-0.05, 0) is 48.4 Å². The highest BCUT2D eigenvalue weighted by Gasteiger charge is 2.32. The highest BCUT2D eigenvalue weighted by molar-refractivity contribution is 7.93. The van der Waals surface area contributed by atoms with Gasteiger partial charge in [-0.3, -0.25) is 4.79 Å². The number of halogens is 1. The smallest absolute Gasteiger partial charge is 0.268 e. The Hall–Kier alpha value is -3.15. The standard InChI is InChI=1S/C24H20ClNO3S/c1-4-24(27)26(30(28,29)21-13-10-17(2)11-14-21)23-16-20(25)12-15-22(23)18(3)19-8-6-5-7-9-19/h4-16H,1,3H2,2H3. The van der Waals surface area contributed by atoms with Gasteiger partial charge in [-0.25, -0.2) is 8.42 Å². The first-order chi connectivity index (χ1) is 14.3. The van der Waals surface area contributed by atoms with E-state index in [-0.39, 0.29) is 15.6 Å². The number of hydrogen-bond acceptors (Lipinski definition) is 3. The monoisotopic (exact) mass is 437 g/mol. The lowest BCUT2D eigenvalue weighted by Crippen LogP contribution is -2.36. The lowest BCUT2D eigenvalue weighted by Gasteiger charge is -2.25. The molecule has 3 aromatic rings. The van der Waals surface area contributed by atoms with Crippen LogP contribution >= 0.6 is 11.6 Å². The van der Waals surface area contributed by atoms with Crippen molar-refractivity contribution in [3.8, 4) is 0 Å². The number of rotatable bonds is 6. The van der Waals surface area contributed by atoms with Crippen molar-refractivity contribution in [1.82, 2.24) is 0 Å². The highest BCUT2D eigenvalue weighted by Crippen LogP contribution is 2.36. The van der Waals surface area contributed by atoms with Gasteiger partial charge in [-0.1, -0.05) is 78.9 Å². The summed E-state index contributed by atoms with van der Waals surface area (Å²) in [4.78, 5) is 12.8. The first kappa shape index (κ1) is 21.6. The molecule has 0 radical (unpaired) electrons. The molecule has 0 spiro atoms. The molecule has 3 aromatic carbocycles. The number of anilines is 1. The maximum absolute atomic E-state index is 13.5. The van der Waals surface area contributed by atoms with Crippen molar-refractivity contribution in [2.75, 3.05) is 4.31 Å². The highest BCUT2D eigenvalue weighted by atomic mass is 35.5. The van der Waals surface area contributed by atoms with Crippen molar-refractivity contribution >= 4 is 38.8 Å². The largest absolute Gasteiger partial charge is 0.271 e. The molecule has 0 saturated carbocycles. The molecule has 0 aromatic heterocycles. The molecule has 4 nitrogen and oxygen atoms in total. The maximum Gasteiger partial charge on any atom is 0.271 e. The number of nitrogens with zero attached hydrogens (tertiary/aromatic N) is 1. The molecule has 1 amide bonds. The molecule has 0 fully saturated rings. The van der Waals surface area contributed by atoms with Gasteiger partial charge in [0.05, 0.1) is 10.6 Å². The number of hydrogen-bond donors (Lipinski definition) is 0. The van der Waals surface area contributed by atoms with Crippen LogP contribution in [0.1, 0.15) is 16.7 Å². The second-order valence-corrected chi connectivity index (χ2v) is 8.85. The molecule has 0 aliphatic rings. The fourth-order valence-corrected chi connectivity index (χ4v) is 4.57. The van der Waals surface area contributed by atoms with E-state index >= 15 is 0 Å². The summed E-state index contributed by atoms with van der Waals surface area (Å²) in [6.07, 6.45) is 0.960. The van der Waals surface area contributed by atoms with Crippen molar-refractivity contribution < 1.29 is 13.2 Å². The Morgan fingerprint density at radius 2 is 1.63 bits per heavy atom. The Labute approximate surface area is 181 Å². The quantitative estimate of drug-likeness (QED) is 0.470. The van der Waals surface area contributed by atoms with E-state index in [1.165, 1.54) is 18.2 Å². The van der Waals surface area contributed by atoms with Gasteiger partial charge in [0.15, 0.2) is 0 Å². The minimum atomic E-state index is -4.22. The molecule has 152 valence electrons. The normalized spacial score (nSPS) is 11.0. The first-order valence-electron chi connectivity index (χ1n) is 9.08. The van der Waals surface area contributed by atoms with E-state index in [2.05, 4.69) is 13.2 Å². The van der Waals surface area contributed by atoms with E-state index in [4.69, 9.17) is 11.6 Å². The third-order valence-electron chi connectivity index (χ3n) is 4.56. The van der Waals surface area contributed by atoms with Gasteiger partial charge in [0.1, 0.15) is 0 Å². The average Bonchev–Trinajstić information content (AvgIpc) is 2.74. The summed E-state index contributed by atoms with van der Waals surface area (Å²) in [5.41, 5.74) is 2.83. The van der Waals surface area contributed by atoms with E-state index in [0.717, 1.165) is 21.5 Å². The summed E-state index contributed by atoms with van der Waals surface area (Å²) >= 11 is 6.19. The van der Waals surface area contributed by atoms with Crippen LogP contribution in [0.2, 0.25) is 5.02 Å². The molecule has 0 heterocycles. The Kier molecular flexibility index (Phi) is 6.25. The zero-order valence-electron chi connectivity index (χ0n) is 16.4. The van der Waals surface area contributed by atoms with Gasteiger partial charge in [0.2, 0.25) is 0 Å². The molecule has 0 aliphatic carbocycles. The minimum Gasteiger partial charge on any atom is -0.268 e. The van der Waals surface area contributed by atoms with Crippen LogP contribution in [0.15, 0.2) is 96.9 Å². The fraction of sp³-hybridized carbons (Fsp3) is 0.0417. The number of amides is 1. The summed E-state index contributed by atoms with van der Waals surface area (Å²) in [5.74, 6) is -0.792. The summed E-state index contributed by atoms with van der Waals surface area (Å²) in [6.45, 7) is 9.44. The first-order valence-corrected chi connectivity index (χ1v) is 10.9. The topological polar surface area (TPSA) is 54.5 Å².